The average molecular weight is 604 g/mol. The molecular weight excluding hydrogens is 550 g/mol. The molecule has 0 atom stereocenters. The first kappa shape index (κ1) is 35.0. The lowest BCUT2D eigenvalue weighted by Gasteiger charge is -2.31. The number of ether oxygens (including phenoxy) is 3. The van der Waals surface area contributed by atoms with Crippen molar-refractivity contribution in [3.05, 3.63) is 89.0 Å². The second-order valence-electron chi connectivity index (χ2n) is 11.6. The average Bonchev–Trinajstić information content (AvgIpc) is 3.07. The van der Waals surface area contributed by atoms with Crippen molar-refractivity contribution in [2.45, 2.75) is 96.0 Å². The Kier molecular flexibility index (Phi) is 15.1. The van der Waals surface area contributed by atoms with Gasteiger partial charge in [0.05, 0.1) is 21.3 Å². The van der Waals surface area contributed by atoms with E-state index in [9.17, 15) is 9.90 Å². The molecule has 0 heterocycles. The number of methoxy groups -OCH3 is 3. The molecule has 6 nitrogen and oxygen atoms in total. The lowest BCUT2D eigenvalue weighted by atomic mass is 9.79. The van der Waals surface area contributed by atoms with Gasteiger partial charge in [-0.15, -0.1) is 0 Å². The molecule has 6 heteroatoms. The van der Waals surface area contributed by atoms with Gasteiger partial charge in [0.15, 0.2) is 0 Å². The number of aliphatic hydroxyl groups is 1. The molecule has 0 aliphatic rings. The number of nitrogens with one attached hydrogen (secondary N) is 1. The number of benzene rings is 3. The number of amides is 1. The molecule has 44 heavy (non-hydrogen) atoms. The second kappa shape index (κ2) is 19.0. The minimum absolute atomic E-state index is 0.150. The Morgan fingerprint density at radius 1 is 0.659 bits per heavy atom. The van der Waals surface area contributed by atoms with E-state index in [2.05, 4.69) is 12.2 Å². The van der Waals surface area contributed by atoms with Gasteiger partial charge >= 0.3 is 0 Å². The molecule has 3 aromatic rings. The van der Waals surface area contributed by atoms with Gasteiger partial charge in [-0.05, 0) is 84.3 Å². The van der Waals surface area contributed by atoms with Crippen molar-refractivity contribution in [3.63, 3.8) is 0 Å². The van der Waals surface area contributed by atoms with Gasteiger partial charge in [-0.1, -0.05) is 88.6 Å². The molecule has 0 unspecified atom stereocenters. The predicted octanol–water partition coefficient (Wildman–Crippen LogP) is 8.36. The van der Waals surface area contributed by atoms with Crippen molar-refractivity contribution in [1.29, 1.82) is 0 Å². The van der Waals surface area contributed by atoms with Crippen LogP contribution in [0.5, 0.6) is 17.2 Å². The van der Waals surface area contributed by atoms with Crippen molar-refractivity contribution in [2.24, 2.45) is 0 Å². The predicted molar refractivity (Wildman–Crippen MR) is 179 cm³/mol. The van der Waals surface area contributed by atoms with Crippen LogP contribution < -0.4 is 19.5 Å². The highest BCUT2D eigenvalue weighted by molar-refractivity contribution is 5.75. The van der Waals surface area contributed by atoms with Crippen LogP contribution >= 0.6 is 0 Å². The standard InChI is InChI=1S/C38H53NO5/c1-5-6-7-8-9-10-11-15-28-39-37(40)17-14-12-13-16-30-29-33(22-27-36(30)44-4)38(41,31-18-23-34(42-2)24-19-31)32-20-25-35(43-3)26-21-32/h18-27,29,41H,5-17,28H2,1-4H3,(H,39,40). The van der Waals surface area contributed by atoms with Crippen LogP contribution in [0, 0.1) is 0 Å². The van der Waals surface area contributed by atoms with E-state index in [0.717, 1.165) is 78.2 Å². The first-order valence-electron chi connectivity index (χ1n) is 16.4. The SMILES string of the molecule is CCCCCCCCCCNC(=O)CCCCCc1cc(C(O)(c2ccc(OC)cc2)c2ccc(OC)cc2)ccc1OC. The molecule has 0 aliphatic heterocycles. The van der Waals surface area contributed by atoms with Crippen LogP contribution in [0.25, 0.3) is 0 Å². The van der Waals surface area contributed by atoms with Crippen LogP contribution in [-0.4, -0.2) is 38.9 Å². The second-order valence-corrected chi connectivity index (χ2v) is 11.6. The Bertz CT molecular complexity index is 1190. The summed E-state index contributed by atoms with van der Waals surface area (Å²) in [6, 6.07) is 20.9. The van der Waals surface area contributed by atoms with Gasteiger partial charge < -0.3 is 24.6 Å². The molecule has 0 bridgehead atoms. The zero-order valence-electron chi connectivity index (χ0n) is 27.3. The topological polar surface area (TPSA) is 77.0 Å². The first-order chi connectivity index (χ1) is 21.5. The molecule has 1 amide bonds. The molecule has 240 valence electrons. The van der Waals surface area contributed by atoms with E-state index in [1.807, 2.05) is 66.7 Å². The highest BCUT2D eigenvalue weighted by Crippen LogP contribution is 2.40. The van der Waals surface area contributed by atoms with Crippen molar-refractivity contribution in [1.82, 2.24) is 5.32 Å². The van der Waals surface area contributed by atoms with Crippen LogP contribution in [0.2, 0.25) is 0 Å². The summed E-state index contributed by atoms with van der Waals surface area (Å²) in [6.07, 6.45) is 14.2. The highest BCUT2D eigenvalue weighted by atomic mass is 16.5. The summed E-state index contributed by atoms with van der Waals surface area (Å²) in [5, 5.41) is 15.5. The normalized spacial score (nSPS) is 11.3. The van der Waals surface area contributed by atoms with E-state index in [1.54, 1.807) is 21.3 Å². The minimum Gasteiger partial charge on any atom is -0.497 e. The third kappa shape index (κ3) is 10.3. The maximum absolute atomic E-state index is 12.4. The quantitative estimate of drug-likeness (QED) is 0.0945. The van der Waals surface area contributed by atoms with Crippen molar-refractivity contribution in [3.8, 4) is 17.2 Å². The fourth-order valence-corrected chi connectivity index (χ4v) is 5.72. The monoisotopic (exact) mass is 603 g/mol. The molecule has 0 saturated heterocycles. The van der Waals surface area contributed by atoms with E-state index in [1.165, 1.54) is 44.9 Å². The molecule has 0 radical (unpaired) electrons. The third-order valence-corrected chi connectivity index (χ3v) is 8.42. The lowest BCUT2D eigenvalue weighted by molar-refractivity contribution is -0.121. The third-order valence-electron chi connectivity index (χ3n) is 8.42. The maximum Gasteiger partial charge on any atom is 0.219 e. The Labute approximate surface area is 265 Å². The maximum atomic E-state index is 12.4. The van der Waals surface area contributed by atoms with Crippen molar-refractivity contribution < 1.29 is 24.1 Å². The number of rotatable bonds is 21. The number of carbonyl (C=O) groups excluding carboxylic acids is 1. The smallest absolute Gasteiger partial charge is 0.219 e. The molecule has 3 rings (SSSR count). The van der Waals surface area contributed by atoms with Gasteiger partial charge in [-0.25, -0.2) is 0 Å². The lowest BCUT2D eigenvalue weighted by Crippen LogP contribution is -2.29. The van der Waals surface area contributed by atoms with Gasteiger partial charge in [-0.3, -0.25) is 4.79 Å². The van der Waals surface area contributed by atoms with Gasteiger partial charge in [0.2, 0.25) is 5.91 Å². The number of unbranched alkanes of at least 4 members (excludes halogenated alkanes) is 9. The molecule has 0 aliphatic carbocycles. The van der Waals surface area contributed by atoms with Gasteiger partial charge in [0.1, 0.15) is 22.8 Å². The summed E-state index contributed by atoms with van der Waals surface area (Å²) in [5.74, 6) is 2.39. The number of carbonyl (C=O) groups is 1. The fourth-order valence-electron chi connectivity index (χ4n) is 5.72. The summed E-state index contributed by atoms with van der Waals surface area (Å²) >= 11 is 0. The van der Waals surface area contributed by atoms with E-state index in [0.29, 0.717) is 6.42 Å². The molecule has 0 fully saturated rings. The van der Waals surface area contributed by atoms with Crippen LogP contribution in [0.1, 0.15) is 106 Å². The van der Waals surface area contributed by atoms with Gasteiger partial charge in [0.25, 0.3) is 0 Å². The molecule has 3 aromatic carbocycles. The summed E-state index contributed by atoms with van der Waals surface area (Å²) < 4.78 is 16.4. The van der Waals surface area contributed by atoms with Gasteiger partial charge in [-0.2, -0.15) is 0 Å². The van der Waals surface area contributed by atoms with Crippen LogP contribution in [-0.2, 0) is 16.8 Å². The molecule has 0 saturated carbocycles. The fraction of sp³-hybridized carbons (Fsp3) is 0.500. The number of aryl methyl sites for hydroxylation is 1. The minimum atomic E-state index is -1.40. The van der Waals surface area contributed by atoms with E-state index in [-0.39, 0.29) is 5.91 Å². The largest absolute Gasteiger partial charge is 0.497 e. The highest BCUT2D eigenvalue weighted by Gasteiger charge is 2.34. The Morgan fingerprint density at radius 2 is 1.18 bits per heavy atom. The Balaban J connectivity index is 1.58. The zero-order valence-corrected chi connectivity index (χ0v) is 27.3. The number of hydrogen-bond donors (Lipinski definition) is 2. The molecular formula is C38H53NO5. The van der Waals surface area contributed by atoms with Gasteiger partial charge in [0, 0.05) is 13.0 Å². The molecule has 0 spiro atoms. The van der Waals surface area contributed by atoms with Crippen molar-refractivity contribution >= 4 is 5.91 Å². The van der Waals surface area contributed by atoms with Crippen LogP contribution in [0.15, 0.2) is 66.7 Å². The summed E-state index contributed by atoms with van der Waals surface area (Å²) in [4.78, 5) is 12.3. The van der Waals surface area contributed by atoms with Crippen molar-refractivity contribution in [2.75, 3.05) is 27.9 Å². The van der Waals surface area contributed by atoms with E-state index in [4.69, 9.17) is 14.2 Å². The first-order valence-corrected chi connectivity index (χ1v) is 16.4. The molecule has 2 N–H and O–H groups in total. The Hall–Kier alpha value is -3.51. The zero-order chi connectivity index (χ0) is 31.6. The summed E-state index contributed by atoms with van der Waals surface area (Å²) in [5.41, 5.74) is 1.86. The number of hydrogen-bond acceptors (Lipinski definition) is 5. The van der Waals surface area contributed by atoms with E-state index >= 15 is 0 Å². The van der Waals surface area contributed by atoms with Crippen LogP contribution in [0.3, 0.4) is 0 Å². The summed E-state index contributed by atoms with van der Waals surface area (Å²) in [7, 11) is 4.93. The summed E-state index contributed by atoms with van der Waals surface area (Å²) in [6.45, 7) is 3.03. The molecule has 0 aromatic heterocycles. The van der Waals surface area contributed by atoms with E-state index < -0.39 is 5.60 Å². The Morgan fingerprint density at radius 3 is 1.73 bits per heavy atom. The van der Waals surface area contributed by atoms with Crippen LogP contribution in [0.4, 0.5) is 0 Å².